The van der Waals surface area contributed by atoms with Crippen molar-refractivity contribution in [3.8, 4) is 11.4 Å². The highest BCUT2D eigenvalue weighted by Gasteiger charge is 2.14. The number of carbonyl (C=O) groups is 2. The number of tetrazole rings is 2. The first-order chi connectivity index (χ1) is 18.7. The smallest absolute Gasteiger partial charge is 0.236 e. The van der Waals surface area contributed by atoms with Crippen LogP contribution in [0, 0.1) is 0 Å². The molecule has 15 heteroatoms. The Bertz CT molecular complexity index is 1420. The monoisotopic (exact) mass is 545 g/mol. The number of carbonyl (C=O) groups excluding carboxylic acids is 2. The first-order valence-corrected chi connectivity index (χ1v) is 13.1. The second-order valence-electron chi connectivity index (χ2n) is 7.50. The highest BCUT2D eigenvalue weighted by atomic mass is 32.2. The number of hydrogen-bond donors (Lipinski definition) is 2. The summed E-state index contributed by atoms with van der Waals surface area (Å²) >= 11 is 2.38. The maximum atomic E-state index is 12.5. The van der Waals surface area contributed by atoms with E-state index in [1.54, 1.807) is 27.6 Å². The number of aromatic nitrogens is 9. The second kappa shape index (κ2) is 12.1. The van der Waals surface area contributed by atoms with E-state index in [-0.39, 0.29) is 23.3 Å². The summed E-state index contributed by atoms with van der Waals surface area (Å²) in [4.78, 5) is 29.3. The van der Waals surface area contributed by atoms with Crippen molar-refractivity contribution in [3.05, 3.63) is 78.9 Å². The molecule has 2 N–H and O–H groups in total. The third kappa shape index (κ3) is 6.37. The topological polar surface area (TPSA) is 158 Å². The SMILES string of the molecule is O=C(CSc1nnnn1-c1ccccc1)Nc1cccc(NC(=O)CSc2nnnn2-c2ccccc2)n1. The normalized spacial score (nSPS) is 10.7. The van der Waals surface area contributed by atoms with Crippen LogP contribution in [0.15, 0.2) is 89.2 Å². The van der Waals surface area contributed by atoms with Gasteiger partial charge in [0.25, 0.3) is 0 Å². The Balaban J connectivity index is 1.13. The minimum atomic E-state index is -0.295. The molecule has 13 nitrogen and oxygen atoms in total. The first kappa shape index (κ1) is 25.0. The highest BCUT2D eigenvalue weighted by molar-refractivity contribution is 8.00. The summed E-state index contributed by atoms with van der Waals surface area (Å²) in [7, 11) is 0. The fraction of sp³-hybridized carbons (Fsp3) is 0.0870. The Hall–Kier alpha value is -4.63. The summed E-state index contributed by atoms with van der Waals surface area (Å²) < 4.78 is 3.12. The van der Waals surface area contributed by atoms with Crippen molar-refractivity contribution in [2.24, 2.45) is 0 Å². The number of rotatable bonds is 10. The van der Waals surface area contributed by atoms with Crippen LogP contribution in [0.3, 0.4) is 0 Å². The largest absolute Gasteiger partial charge is 0.310 e. The number of nitrogens with one attached hydrogen (secondary N) is 2. The van der Waals surface area contributed by atoms with Crippen molar-refractivity contribution in [2.45, 2.75) is 10.3 Å². The lowest BCUT2D eigenvalue weighted by Crippen LogP contribution is -2.18. The van der Waals surface area contributed by atoms with Crippen molar-refractivity contribution < 1.29 is 9.59 Å². The minimum absolute atomic E-state index is 0.0677. The molecule has 0 unspecified atom stereocenters. The molecule has 0 atom stereocenters. The van der Waals surface area contributed by atoms with Crippen molar-refractivity contribution in [1.29, 1.82) is 0 Å². The molecule has 2 aromatic carbocycles. The van der Waals surface area contributed by atoms with Crippen LogP contribution in [0.25, 0.3) is 11.4 Å². The lowest BCUT2D eigenvalue weighted by Gasteiger charge is -2.08. The third-order valence-electron chi connectivity index (χ3n) is 4.83. The van der Waals surface area contributed by atoms with Crippen molar-refractivity contribution >= 4 is 47.0 Å². The van der Waals surface area contributed by atoms with Gasteiger partial charge < -0.3 is 10.6 Å². The maximum absolute atomic E-state index is 12.5. The van der Waals surface area contributed by atoms with Gasteiger partial charge in [0.15, 0.2) is 0 Å². The molecule has 38 heavy (non-hydrogen) atoms. The molecule has 0 saturated carbocycles. The fourth-order valence-electron chi connectivity index (χ4n) is 3.19. The quantitative estimate of drug-likeness (QED) is 0.248. The second-order valence-corrected chi connectivity index (χ2v) is 9.38. The zero-order valence-electron chi connectivity index (χ0n) is 19.6. The van der Waals surface area contributed by atoms with E-state index in [4.69, 9.17) is 0 Å². The van der Waals surface area contributed by atoms with Gasteiger partial charge >= 0.3 is 0 Å². The molecular formula is C23H19N11O2S2. The molecule has 0 spiro atoms. The van der Waals surface area contributed by atoms with Gasteiger partial charge in [-0.3, -0.25) is 9.59 Å². The molecule has 0 aliphatic rings. The van der Waals surface area contributed by atoms with Crippen LogP contribution >= 0.6 is 23.5 Å². The summed E-state index contributed by atoms with van der Waals surface area (Å²) in [5.41, 5.74) is 1.58. The van der Waals surface area contributed by atoms with E-state index in [0.717, 1.165) is 11.4 Å². The zero-order chi connectivity index (χ0) is 26.2. The van der Waals surface area contributed by atoms with Crippen LogP contribution in [-0.4, -0.2) is 68.7 Å². The van der Waals surface area contributed by atoms with Gasteiger partial charge in [-0.2, -0.15) is 9.36 Å². The number of nitrogens with zero attached hydrogens (tertiary/aromatic N) is 9. The van der Waals surface area contributed by atoms with Gasteiger partial charge in [0, 0.05) is 0 Å². The van der Waals surface area contributed by atoms with Crippen LogP contribution in [0.4, 0.5) is 11.6 Å². The molecule has 0 aliphatic carbocycles. The predicted molar refractivity (Wildman–Crippen MR) is 141 cm³/mol. The predicted octanol–water partition coefficient (Wildman–Crippen LogP) is 2.49. The number of thioether (sulfide) groups is 2. The molecule has 2 amide bonds. The van der Waals surface area contributed by atoms with E-state index >= 15 is 0 Å². The molecule has 0 radical (unpaired) electrons. The zero-order valence-corrected chi connectivity index (χ0v) is 21.2. The summed E-state index contributed by atoms with van der Waals surface area (Å²) in [6, 6.07) is 23.7. The number of amides is 2. The van der Waals surface area contributed by atoms with E-state index in [9.17, 15) is 9.59 Å². The van der Waals surface area contributed by atoms with E-state index in [1.165, 1.54) is 23.5 Å². The number of pyridine rings is 1. The number of para-hydroxylation sites is 2. The molecule has 3 heterocycles. The molecule has 3 aromatic heterocycles. The van der Waals surface area contributed by atoms with E-state index in [2.05, 4.69) is 46.7 Å². The number of hydrogen-bond acceptors (Lipinski definition) is 11. The lowest BCUT2D eigenvalue weighted by atomic mass is 10.3. The lowest BCUT2D eigenvalue weighted by molar-refractivity contribution is -0.114. The summed E-state index contributed by atoms with van der Waals surface area (Å²) in [6.45, 7) is 0. The van der Waals surface area contributed by atoms with E-state index in [1.807, 2.05) is 60.7 Å². The maximum Gasteiger partial charge on any atom is 0.236 e. The van der Waals surface area contributed by atoms with Crippen LogP contribution in [0.5, 0.6) is 0 Å². The van der Waals surface area contributed by atoms with Gasteiger partial charge in [0.05, 0.1) is 22.9 Å². The van der Waals surface area contributed by atoms with Crippen molar-refractivity contribution in [1.82, 2.24) is 45.4 Å². The Kier molecular flexibility index (Phi) is 7.95. The van der Waals surface area contributed by atoms with Crippen LogP contribution < -0.4 is 10.6 Å². The molecule has 5 aromatic rings. The molecule has 0 aliphatic heterocycles. The standard InChI is InChI=1S/C23H19N11O2S2/c35-20(14-37-22-27-29-31-33(22)16-8-3-1-4-9-16)25-18-12-7-13-19(24-18)26-21(36)15-38-23-28-30-32-34(23)17-10-5-2-6-11-17/h1-13H,14-15H2,(H2,24,25,26,35,36). The van der Waals surface area contributed by atoms with E-state index < -0.39 is 0 Å². The van der Waals surface area contributed by atoms with Crippen LogP contribution in [0.2, 0.25) is 0 Å². The highest BCUT2D eigenvalue weighted by Crippen LogP contribution is 2.20. The molecule has 190 valence electrons. The first-order valence-electron chi connectivity index (χ1n) is 11.2. The molecule has 0 saturated heterocycles. The summed E-state index contributed by atoms with van der Waals surface area (Å²) in [5, 5.41) is 29.7. The van der Waals surface area contributed by atoms with Gasteiger partial charge in [0.2, 0.25) is 22.1 Å². The fourth-order valence-corrected chi connectivity index (χ4v) is 4.57. The van der Waals surface area contributed by atoms with Gasteiger partial charge in [-0.15, -0.1) is 10.2 Å². The van der Waals surface area contributed by atoms with Gasteiger partial charge in [-0.05, 0) is 57.3 Å². The van der Waals surface area contributed by atoms with Gasteiger partial charge in [-0.25, -0.2) is 4.98 Å². The minimum Gasteiger partial charge on any atom is -0.310 e. The molecule has 5 rings (SSSR count). The Labute approximate surface area is 224 Å². The van der Waals surface area contributed by atoms with E-state index in [0.29, 0.717) is 21.9 Å². The number of benzene rings is 2. The van der Waals surface area contributed by atoms with Gasteiger partial charge in [-0.1, -0.05) is 66.0 Å². The summed E-state index contributed by atoms with van der Waals surface area (Å²) in [6.07, 6.45) is 0. The Morgan fingerprint density at radius 1 is 0.632 bits per heavy atom. The van der Waals surface area contributed by atoms with Crippen LogP contribution in [0.1, 0.15) is 0 Å². The molecule has 0 bridgehead atoms. The van der Waals surface area contributed by atoms with Crippen LogP contribution in [-0.2, 0) is 9.59 Å². The average Bonchev–Trinajstić information content (AvgIpc) is 3.62. The Morgan fingerprint density at radius 3 is 1.53 bits per heavy atom. The number of anilines is 2. The molecule has 0 fully saturated rings. The average molecular weight is 546 g/mol. The van der Waals surface area contributed by atoms with Crippen molar-refractivity contribution in [3.63, 3.8) is 0 Å². The Morgan fingerprint density at radius 2 is 1.08 bits per heavy atom. The molecular weight excluding hydrogens is 526 g/mol. The summed E-state index contributed by atoms with van der Waals surface area (Å²) in [5.74, 6) is 0.151. The van der Waals surface area contributed by atoms with Gasteiger partial charge in [0.1, 0.15) is 11.6 Å². The third-order valence-corrected chi connectivity index (χ3v) is 6.67. The van der Waals surface area contributed by atoms with Crippen molar-refractivity contribution in [2.75, 3.05) is 22.1 Å².